The Balaban J connectivity index is 1.21. The Kier molecular flexibility index (Phi) is 6.32. The second kappa shape index (κ2) is 9.87. The maximum atomic E-state index is 12.5. The summed E-state index contributed by atoms with van der Waals surface area (Å²) >= 11 is 6.18. The maximum Gasteiger partial charge on any atom is 0.289 e. The van der Waals surface area contributed by atoms with E-state index >= 15 is 0 Å². The lowest BCUT2D eigenvalue weighted by molar-refractivity contribution is 0.0950. The van der Waals surface area contributed by atoms with Crippen LogP contribution < -0.4 is 10.2 Å². The van der Waals surface area contributed by atoms with E-state index in [-0.39, 0.29) is 5.91 Å². The number of fused-ring (bicyclic) bond motifs is 1. The number of H-pyrrole nitrogens is 2. The first-order chi connectivity index (χ1) is 17.1. The van der Waals surface area contributed by atoms with Crippen molar-refractivity contribution in [3.05, 3.63) is 106 Å². The fraction of sp³-hybridized carbons (Fsp3) is 0.0741. The molecule has 0 atom stereocenters. The van der Waals surface area contributed by atoms with Gasteiger partial charge in [0.05, 0.1) is 11.9 Å². The summed E-state index contributed by atoms with van der Waals surface area (Å²) in [6.07, 6.45) is 1.64. The highest BCUT2D eigenvalue weighted by Crippen LogP contribution is 2.23. The van der Waals surface area contributed by atoms with Gasteiger partial charge in [0.1, 0.15) is 18.1 Å². The fourth-order valence-electron chi connectivity index (χ4n) is 3.76. The zero-order chi connectivity index (χ0) is 24.2. The van der Waals surface area contributed by atoms with Gasteiger partial charge in [-0.25, -0.2) is 5.43 Å². The van der Waals surface area contributed by atoms with Gasteiger partial charge >= 0.3 is 0 Å². The summed E-state index contributed by atoms with van der Waals surface area (Å²) in [7, 11) is 0. The minimum Gasteiger partial charge on any atom is -0.489 e. The van der Waals surface area contributed by atoms with Crippen LogP contribution in [0, 0.1) is 6.92 Å². The van der Waals surface area contributed by atoms with Gasteiger partial charge in [-0.05, 0) is 49.4 Å². The molecule has 3 aromatic carbocycles. The van der Waals surface area contributed by atoms with Crippen molar-refractivity contribution in [1.82, 2.24) is 20.6 Å². The van der Waals surface area contributed by atoms with Gasteiger partial charge in [0.2, 0.25) is 0 Å². The van der Waals surface area contributed by atoms with E-state index < -0.39 is 0 Å². The molecule has 5 rings (SSSR count). The number of benzene rings is 3. The molecule has 0 saturated carbocycles. The molecule has 35 heavy (non-hydrogen) atoms. The second-order valence-electron chi connectivity index (χ2n) is 7.98. The third-order valence-corrected chi connectivity index (χ3v) is 6.00. The molecule has 8 heteroatoms. The number of rotatable bonds is 7. The molecule has 0 aliphatic carbocycles. The van der Waals surface area contributed by atoms with Crippen molar-refractivity contribution >= 4 is 34.6 Å². The molecule has 0 bridgehead atoms. The molecule has 0 aliphatic heterocycles. The van der Waals surface area contributed by atoms with E-state index in [4.69, 9.17) is 16.3 Å². The molecule has 0 aliphatic rings. The van der Waals surface area contributed by atoms with Gasteiger partial charge in [0.15, 0.2) is 0 Å². The normalized spacial score (nSPS) is 11.3. The molecule has 3 N–H and O–H groups in total. The number of halogens is 1. The van der Waals surface area contributed by atoms with Crippen LogP contribution >= 0.6 is 11.6 Å². The molecule has 0 saturated heterocycles. The lowest BCUT2D eigenvalue weighted by Gasteiger charge is -2.08. The summed E-state index contributed by atoms with van der Waals surface area (Å²) in [4.78, 5) is 15.8. The van der Waals surface area contributed by atoms with Crippen LogP contribution in [-0.4, -0.2) is 27.3 Å². The number of hydrogen-bond acceptors (Lipinski definition) is 4. The summed E-state index contributed by atoms with van der Waals surface area (Å²) in [5, 5.41) is 12.9. The largest absolute Gasteiger partial charge is 0.489 e. The predicted octanol–water partition coefficient (Wildman–Crippen LogP) is 5.86. The number of nitrogens with zero attached hydrogens (tertiary/aromatic N) is 2. The molecule has 1 amide bonds. The summed E-state index contributed by atoms with van der Waals surface area (Å²) < 4.78 is 5.82. The van der Waals surface area contributed by atoms with Crippen molar-refractivity contribution < 1.29 is 9.53 Å². The highest BCUT2D eigenvalue weighted by atomic mass is 35.5. The number of hydrogen-bond donors (Lipinski definition) is 3. The Morgan fingerprint density at radius 1 is 1.09 bits per heavy atom. The first-order valence-electron chi connectivity index (χ1n) is 11.0. The van der Waals surface area contributed by atoms with Gasteiger partial charge in [0, 0.05) is 38.3 Å². The molecule has 7 nitrogen and oxygen atoms in total. The van der Waals surface area contributed by atoms with E-state index in [1.165, 1.54) is 0 Å². The summed E-state index contributed by atoms with van der Waals surface area (Å²) in [6.45, 7) is 2.35. The molecule has 2 heterocycles. The van der Waals surface area contributed by atoms with Crippen molar-refractivity contribution in [2.75, 3.05) is 0 Å². The van der Waals surface area contributed by atoms with E-state index in [0.717, 1.165) is 33.3 Å². The number of ether oxygens (including phenoxy) is 1. The van der Waals surface area contributed by atoms with E-state index in [9.17, 15) is 4.79 Å². The average molecular weight is 484 g/mol. The molecule has 5 aromatic rings. The van der Waals surface area contributed by atoms with Crippen LogP contribution in [0.15, 0.2) is 84.0 Å². The van der Waals surface area contributed by atoms with Crippen LogP contribution in [0.4, 0.5) is 0 Å². The second-order valence-corrected chi connectivity index (χ2v) is 8.39. The third kappa shape index (κ3) is 4.95. The molecule has 0 fully saturated rings. The molecule has 2 aromatic heterocycles. The molecular formula is C27H22ClN5O2. The maximum absolute atomic E-state index is 12.5. The number of carbonyl (C=O) groups excluding carboxylic acids is 1. The zero-order valence-electron chi connectivity index (χ0n) is 18.9. The van der Waals surface area contributed by atoms with Crippen LogP contribution in [0.5, 0.6) is 5.75 Å². The lowest BCUT2D eigenvalue weighted by Crippen LogP contribution is -2.18. The Morgan fingerprint density at radius 3 is 2.69 bits per heavy atom. The highest BCUT2D eigenvalue weighted by molar-refractivity contribution is 6.31. The molecular weight excluding hydrogens is 462 g/mol. The van der Waals surface area contributed by atoms with Gasteiger partial charge in [-0.2, -0.15) is 10.2 Å². The summed E-state index contributed by atoms with van der Waals surface area (Å²) in [6, 6.07) is 24.7. The summed E-state index contributed by atoms with van der Waals surface area (Å²) in [5.41, 5.74) is 8.22. The Labute approximate surface area is 206 Å². The minimum absolute atomic E-state index is 0.312. The first kappa shape index (κ1) is 22.4. The van der Waals surface area contributed by atoms with E-state index in [1.807, 2.05) is 79.7 Å². The smallest absolute Gasteiger partial charge is 0.289 e. The molecule has 174 valence electrons. The van der Waals surface area contributed by atoms with E-state index in [1.54, 1.807) is 12.3 Å². The van der Waals surface area contributed by atoms with Crippen molar-refractivity contribution in [2.45, 2.75) is 13.5 Å². The number of nitrogens with one attached hydrogen (secondary N) is 3. The summed E-state index contributed by atoms with van der Waals surface area (Å²) in [5.74, 6) is 0.335. The van der Waals surface area contributed by atoms with Crippen molar-refractivity contribution in [3.63, 3.8) is 0 Å². The van der Waals surface area contributed by atoms with Crippen molar-refractivity contribution in [1.29, 1.82) is 0 Å². The van der Waals surface area contributed by atoms with E-state index in [2.05, 4.69) is 25.7 Å². The van der Waals surface area contributed by atoms with Crippen molar-refractivity contribution in [2.24, 2.45) is 5.10 Å². The fourth-order valence-corrected chi connectivity index (χ4v) is 3.96. The van der Waals surface area contributed by atoms with Crippen LogP contribution in [0.1, 0.15) is 27.3 Å². The van der Waals surface area contributed by atoms with Crippen molar-refractivity contribution in [3.8, 4) is 17.0 Å². The van der Waals surface area contributed by atoms with Gasteiger partial charge in [-0.3, -0.25) is 9.89 Å². The first-order valence-corrected chi connectivity index (χ1v) is 11.4. The van der Waals surface area contributed by atoms with Crippen LogP contribution in [0.3, 0.4) is 0 Å². The standard InChI is InChI=1S/C27H22ClN5O2/c1-17-22(21-7-3-5-9-24(21)30-17)15-29-33-27(34)26-14-25(31-32-26)18-10-12-20(13-11-18)35-16-19-6-2-4-8-23(19)28/h2-15,30H,16H2,1H3,(H,31,32)(H,33,34). The highest BCUT2D eigenvalue weighted by Gasteiger charge is 2.11. The van der Waals surface area contributed by atoms with Crippen LogP contribution in [-0.2, 0) is 6.61 Å². The Morgan fingerprint density at radius 2 is 1.86 bits per heavy atom. The number of carbonyl (C=O) groups is 1. The predicted molar refractivity (Wildman–Crippen MR) is 138 cm³/mol. The molecule has 0 spiro atoms. The van der Waals surface area contributed by atoms with Gasteiger partial charge in [0.25, 0.3) is 5.91 Å². The third-order valence-electron chi connectivity index (χ3n) is 5.63. The number of amides is 1. The minimum atomic E-state index is -0.378. The Bertz CT molecular complexity index is 1520. The zero-order valence-corrected chi connectivity index (χ0v) is 19.6. The number of aromatic amines is 2. The lowest BCUT2D eigenvalue weighted by atomic mass is 10.1. The number of aryl methyl sites for hydroxylation is 1. The number of hydrazone groups is 1. The van der Waals surface area contributed by atoms with Gasteiger partial charge in [-0.1, -0.05) is 48.0 Å². The Hall–Kier alpha value is -4.36. The topological polar surface area (TPSA) is 95.2 Å². The average Bonchev–Trinajstić information content (AvgIpc) is 3.49. The van der Waals surface area contributed by atoms with Gasteiger partial charge < -0.3 is 9.72 Å². The van der Waals surface area contributed by atoms with Crippen LogP contribution in [0.25, 0.3) is 22.2 Å². The van der Waals surface area contributed by atoms with Crippen LogP contribution in [0.2, 0.25) is 5.02 Å². The molecule has 0 radical (unpaired) electrons. The van der Waals surface area contributed by atoms with E-state index in [0.29, 0.717) is 28.8 Å². The molecule has 0 unspecified atom stereocenters. The monoisotopic (exact) mass is 483 g/mol. The quantitative estimate of drug-likeness (QED) is 0.200. The van der Waals surface area contributed by atoms with Gasteiger partial charge in [-0.15, -0.1) is 0 Å². The number of para-hydroxylation sites is 1. The SMILES string of the molecule is Cc1[nH]c2ccccc2c1C=NNC(=O)c1cc(-c2ccc(OCc3ccccc3Cl)cc2)n[nH]1. The number of aromatic nitrogens is 3.